The summed E-state index contributed by atoms with van der Waals surface area (Å²) in [6.07, 6.45) is 0.444. The monoisotopic (exact) mass is 379 g/mol. The quantitative estimate of drug-likeness (QED) is 0.869. The molecule has 2 aromatic rings. The molecule has 0 bridgehead atoms. The van der Waals surface area contributed by atoms with Crippen LogP contribution >= 0.6 is 0 Å². The number of carbonyl (C=O) groups is 2. The molecule has 3 rings (SSSR count). The van der Waals surface area contributed by atoms with Crippen LogP contribution in [0.5, 0.6) is 0 Å². The highest BCUT2D eigenvalue weighted by atomic mass is 16.2. The third kappa shape index (κ3) is 4.98. The van der Waals surface area contributed by atoms with E-state index in [1.807, 2.05) is 68.1 Å². The first kappa shape index (κ1) is 20.1. The van der Waals surface area contributed by atoms with Crippen LogP contribution in [0.25, 0.3) is 0 Å². The number of benzene rings is 2. The molecule has 2 aromatic carbocycles. The van der Waals surface area contributed by atoms with Gasteiger partial charge >= 0.3 is 0 Å². The number of hydrogen-bond acceptors (Lipinski definition) is 3. The van der Waals surface area contributed by atoms with Gasteiger partial charge in [-0.15, -0.1) is 0 Å². The maximum absolute atomic E-state index is 12.6. The molecule has 1 aliphatic heterocycles. The number of aryl methyl sites for hydroxylation is 2. The lowest BCUT2D eigenvalue weighted by Crippen LogP contribution is -2.50. The van der Waals surface area contributed by atoms with Crippen LogP contribution in [0.3, 0.4) is 0 Å². The van der Waals surface area contributed by atoms with Gasteiger partial charge in [0.2, 0.25) is 11.8 Å². The molecule has 0 saturated carbocycles. The largest absolute Gasteiger partial charge is 0.340 e. The molecule has 0 aliphatic carbocycles. The van der Waals surface area contributed by atoms with Crippen molar-refractivity contribution in [3.8, 4) is 0 Å². The van der Waals surface area contributed by atoms with Crippen LogP contribution in [0.4, 0.5) is 5.69 Å². The molecule has 5 heteroatoms. The first-order valence-electron chi connectivity index (χ1n) is 9.85. The highest BCUT2D eigenvalue weighted by Gasteiger charge is 2.23. The van der Waals surface area contributed by atoms with Gasteiger partial charge in [-0.2, -0.15) is 0 Å². The van der Waals surface area contributed by atoms with E-state index in [0.29, 0.717) is 26.1 Å². The van der Waals surface area contributed by atoms with Gasteiger partial charge in [0.05, 0.1) is 13.0 Å². The van der Waals surface area contributed by atoms with Crippen LogP contribution in [0.1, 0.15) is 22.3 Å². The molecule has 1 fully saturated rings. The third-order valence-corrected chi connectivity index (χ3v) is 5.57. The minimum Gasteiger partial charge on any atom is -0.340 e. The van der Waals surface area contributed by atoms with Crippen LogP contribution in [0.2, 0.25) is 0 Å². The fraction of sp³-hybridized carbons (Fsp3) is 0.391. The van der Waals surface area contributed by atoms with Crippen molar-refractivity contribution in [2.75, 3.05) is 38.0 Å². The second kappa shape index (κ2) is 9.02. The summed E-state index contributed by atoms with van der Waals surface area (Å²) in [4.78, 5) is 29.0. The van der Waals surface area contributed by atoms with Gasteiger partial charge in [0.25, 0.3) is 0 Å². The van der Waals surface area contributed by atoms with Crippen molar-refractivity contribution in [2.45, 2.75) is 27.2 Å². The number of amides is 2. The number of carbonyl (C=O) groups excluding carboxylic acids is 2. The zero-order chi connectivity index (χ0) is 20.1. The zero-order valence-electron chi connectivity index (χ0n) is 17.0. The Morgan fingerprint density at radius 1 is 0.893 bits per heavy atom. The predicted molar refractivity (Wildman–Crippen MR) is 112 cm³/mol. The summed E-state index contributed by atoms with van der Waals surface area (Å²) in [5, 5.41) is 3.01. The van der Waals surface area contributed by atoms with Gasteiger partial charge in [0.15, 0.2) is 0 Å². The molecule has 0 radical (unpaired) electrons. The average molecular weight is 380 g/mol. The molecule has 5 nitrogen and oxygen atoms in total. The van der Waals surface area contributed by atoms with Gasteiger partial charge in [0, 0.05) is 31.9 Å². The molecule has 0 aromatic heterocycles. The van der Waals surface area contributed by atoms with Crippen LogP contribution in [0, 0.1) is 20.8 Å². The summed E-state index contributed by atoms with van der Waals surface area (Å²) in [6, 6.07) is 13.9. The lowest BCUT2D eigenvalue weighted by atomic mass is 10.1. The molecule has 1 aliphatic rings. The third-order valence-electron chi connectivity index (χ3n) is 5.57. The summed E-state index contributed by atoms with van der Waals surface area (Å²) < 4.78 is 0. The van der Waals surface area contributed by atoms with Gasteiger partial charge in [0.1, 0.15) is 0 Å². The summed E-state index contributed by atoms with van der Waals surface area (Å²) in [5.41, 5.74) is 5.37. The number of nitrogens with one attached hydrogen (secondary N) is 1. The van der Waals surface area contributed by atoms with E-state index in [4.69, 9.17) is 0 Å². The summed E-state index contributed by atoms with van der Waals surface area (Å²) in [7, 11) is 0. The Bertz CT molecular complexity index is 855. The Balaban J connectivity index is 1.47. The lowest BCUT2D eigenvalue weighted by Gasteiger charge is -2.34. The Labute approximate surface area is 167 Å². The summed E-state index contributed by atoms with van der Waals surface area (Å²) in [6.45, 7) is 9.23. The van der Waals surface area contributed by atoms with Crippen LogP contribution < -0.4 is 5.32 Å². The molecular weight excluding hydrogens is 350 g/mol. The molecule has 1 heterocycles. The molecule has 0 unspecified atom stereocenters. The average Bonchev–Trinajstić information content (AvgIpc) is 2.68. The number of nitrogens with zero attached hydrogens (tertiary/aromatic N) is 2. The van der Waals surface area contributed by atoms with E-state index in [1.54, 1.807) is 0 Å². The van der Waals surface area contributed by atoms with Crippen molar-refractivity contribution in [1.82, 2.24) is 9.80 Å². The minimum absolute atomic E-state index is 0.00612. The Kier molecular flexibility index (Phi) is 6.47. The van der Waals surface area contributed by atoms with Gasteiger partial charge in [-0.25, -0.2) is 0 Å². The number of hydrogen-bond donors (Lipinski definition) is 1. The summed E-state index contributed by atoms with van der Waals surface area (Å²) >= 11 is 0. The molecular formula is C23H29N3O2. The molecule has 148 valence electrons. The fourth-order valence-electron chi connectivity index (χ4n) is 3.52. The van der Waals surface area contributed by atoms with Crippen molar-refractivity contribution in [1.29, 1.82) is 0 Å². The Hall–Kier alpha value is -2.66. The van der Waals surface area contributed by atoms with Crippen molar-refractivity contribution in [3.63, 3.8) is 0 Å². The maximum Gasteiger partial charge on any atom is 0.238 e. The van der Waals surface area contributed by atoms with Crippen molar-refractivity contribution >= 4 is 17.5 Å². The van der Waals surface area contributed by atoms with Gasteiger partial charge in [-0.1, -0.05) is 36.4 Å². The topological polar surface area (TPSA) is 52.7 Å². The number of piperazine rings is 1. The predicted octanol–water partition coefficient (Wildman–Crippen LogP) is 2.94. The Morgan fingerprint density at radius 3 is 2.29 bits per heavy atom. The number of anilines is 1. The molecule has 0 atom stereocenters. The number of rotatable bonds is 5. The standard InChI is InChI=1S/C23H29N3O2/c1-17-8-6-10-21(19(17)3)24-22(27)16-25-11-13-26(14-12-25)23(28)15-20-9-5-4-7-18(20)2/h4-10H,11-16H2,1-3H3,(H,24,27). The zero-order valence-corrected chi connectivity index (χ0v) is 17.0. The first-order chi connectivity index (χ1) is 13.4. The Morgan fingerprint density at radius 2 is 1.57 bits per heavy atom. The van der Waals surface area contributed by atoms with Crippen LogP contribution in [-0.2, 0) is 16.0 Å². The van der Waals surface area contributed by atoms with E-state index in [2.05, 4.69) is 10.2 Å². The first-order valence-corrected chi connectivity index (χ1v) is 9.85. The highest BCUT2D eigenvalue weighted by Crippen LogP contribution is 2.18. The molecule has 2 amide bonds. The van der Waals surface area contributed by atoms with E-state index >= 15 is 0 Å². The van der Waals surface area contributed by atoms with Gasteiger partial charge in [-0.05, 0) is 49.1 Å². The molecule has 0 spiro atoms. The minimum atomic E-state index is -0.00612. The van der Waals surface area contributed by atoms with Crippen LogP contribution in [0.15, 0.2) is 42.5 Å². The SMILES string of the molecule is Cc1ccccc1CC(=O)N1CCN(CC(=O)Nc2cccc(C)c2C)CC1. The van der Waals surface area contributed by atoms with E-state index in [1.165, 1.54) is 5.56 Å². The normalized spacial score (nSPS) is 14.8. The second-order valence-corrected chi connectivity index (χ2v) is 7.56. The van der Waals surface area contributed by atoms with Crippen LogP contribution in [-0.4, -0.2) is 54.3 Å². The van der Waals surface area contributed by atoms with Crippen molar-refractivity contribution in [2.24, 2.45) is 0 Å². The highest BCUT2D eigenvalue weighted by molar-refractivity contribution is 5.93. The van der Waals surface area contributed by atoms with Gasteiger partial charge < -0.3 is 10.2 Å². The van der Waals surface area contributed by atoms with E-state index in [0.717, 1.165) is 35.5 Å². The van der Waals surface area contributed by atoms with Crippen molar-refractivity contribution in [3.05, 3.63) is 64.7 Å². The fourth-order valence-corrected chi connectivity index (χ4v) is 3.52. The van der Waals surface area contributed by atoms with E-state index in [9.17, 15) is 9.59 Å². The van der Waals surface area contributed by atoms with Crippen molar-refractivity contribution < 1.29 is 9.59 Å². The van der Waals surface area contributed by atoms with Gasteiger partial charge in [-0.3, -0.25) is 14.5 Å². The van der Waals surface area contributed by atoms with E-state index in [-0.39, 0.29) is 11.8 Å². The second-order valence-electron chi connectivity index (χ2n) is 7.56. The summed E-state index contributed by atoms with van der Waals surface area (Å²) in [5.74, 6) is 0.155. The maximum atomic E-state index is 12.6. The lowest BCUT2D eigenvalue weighted by molar-refractivity contribution is -0.132. The smallest absolute Gasteiger partial charge is 0.238 e. The molecule has 28 heavy (non-hydrogen) atoms. The van der Waals surface area contributed by atoms with E-state index < -0.39 is 0 Å². The molecule has 1 N–H and O–H groups in total. The molecule has 1 saturated heterocycles.